The van der Waals surface area contributed by atoms with Gasteiger partial charge >= 0.3 is 0 Å². The average molecular weight is 475 g/mol. The zero-order valence-electron chi connectivity index (χ0n) is 20.3. The Morgan fingerprint density at radius 3 is 2.51 bits per heavy atom. The van der Waals surface area contributed by atoms with E-state index in [9.17, 15) is 14.0 Å². The van der Waals surface area contributed by atoms with E-state index in [1.165, 1.54) is 23.0 Å². The van der Waals surface area contributed by atoms with Gasteiger partial charge in [0.1, 0.15) is 17.1 Å². The monoisotopic (exact) mass is 474 g/mol. The van der Waals surface area contributed by atoms with Gasteiger partial charge in [0.25, 0.3) is 5.91 Å². The summed E-state index contributed by atoms with van der Waals surface area (Å²) >= 11 is 0. The van der Waals surface area contributed by atoms with Crippen molar-refractivity contribution in [3.05, 3.63) is 71.7 Å². The molecule has 7 heteroatoms. The van der Waals surface area contributed by atoms with E-state index >= 15 is 0 Å². The number of anilines is 1. The highest BCUT2D eigenvalue weighted by molar-refractivity contribution is 6.12. The zero-order chi connectivity index (χ0) is 24.6. The van der Waals surface area contributed by atoms with Crippen LogP contribution in [0.1, 0.15) is 62.0 Å². The molecule has 1 N–H and O–H groups in total. The van der Waals surface area contributed by atoms with Crippen LogP contribution in [0.2, 0.25) is 0 Å². The number of hydrogen-bond acceptors (Lipinski definition) is 3. The van der Waals surface area contributed by atoms with E-state index in [1.807, 2.05) is 24.3 Å². The van der Waals surface area contributed by atoms with E-state index in [-0.39, 0.29) is 24.2 Å². The summed E-state index contributed by atoms with van der Waals surface area (Å²) < 4.78 is 16.6. The molecule has 2 aliphatic rings. The second-order valence-electron chi connectivity index (χ2n) is 9.80. The number of nitrogens with zero attached hydrogens (tertiary/aromatic N) is 3. The zero-order valence-corrected chi connectivity index (χ0v) is 20.3. The van der Waals surface area contributed by atoms with Crippen molar-refractivity contribution < 1.29 is 14.0 Å². The lowest BCUT2D eigenvalue weighted by Gasteiger charge is -2.44. The Hall–Kier alpha value is -3.48. The summed E-state index contributed by atoms with van der Waals surface area (Å²) in [6.45, 7) is 3.93. The fraction of sp³-hybridized carbons (Fsp3) is 0.393. The standard InChI is InChI=1S/C28H31FN4O2/c1-3-19-13-15-20(16-14-19)23-17-25-26(34)33(24-12-8-7-11-22(24)29)28(2,18-32(25)31-23)27(35)30-21-9-5-4-6-10-21/h7-8,11-17,21H,3-6,9-10,18H2,1-2H3,(H,30,35). The third kappa shape index (κ3) is 4.24. The minimum absolute atomic E-state index is 0.0670. The summed E-state index contributed by atoms with van der Waals surface area (Å²) in [4.78, 5) is 28.9. The van der Waals surface area contributed by atoms with Gasteiger partial charge in [0.15, 0.2) is 0 Å². The van der Waals surface area contributed by atoms with Crippen LogP contribution in [0.4, 0.5) is 10.1 Å². The molecule has 1 saturated carbocycles. The number of carbonyl (C=O) groups excluding carboxylic acids is 2. The molecule has 1 atom stereocenters. The van der Waals surface area contributed by atoms with Crippen molar-refractivity contribution in [3.63, 3.8) is 0 Å². The maximum absolute atomic E-state index is 15.0. The Balaban J connectivity index is 1.55. The summed E-state index contributed by atoms with van der Waals surface area (Å²) in [5, 5.41) is 7.85. The molecule has 0 saturated heterocycles. The van der Waals surface area contributed by atoms with Gasteiger partial charge in [-0.3, -0.25) is 19.2 Å². The topological polar surface area (TPSA) is 67.2 Å². The Morgan fingerprint density at radius 2 is 1.83 bits per heavy atom. The number of fused-ring (bicyclic) bond motifs is 1. The van der Waals surface area contributed by atoms with E-state index in [2.05, 4.69) is 12.2 Å². The van der Waals surface area contributed by atoms with E-state index in [1.54, 1.807) is 35.9 Å². The molecule has 182 valence electrons. The predicted octanol–water partition coefficient (Wildman–Crippen LogP) is 5.12. The largest absolute Gasteiger partial charge is 0.351 e. The van der Waals surface area contributed by atoms with Crippen molar-refractivity contribution in [1.82, 2.24) is 15.1 Å². The van der Waals surface area contributed by atoms with Gasteiger partial charge < -0.3 is 5.32 Å². The van der Waals surface area contributed by atoms with Crippen LogP contribution in [-0.4, -0.2) is 33.2 Å². The van der Waals surface area contributed by atoms with Gasteiger partial charge in [-0.05, 0) is 49.9 Å². The highest BCUT2D eigenvalue weighted by Gasteiger charge is 2.50. The van der Waals surface area contributed by atoms with E-state index in [4.69, 9.17) is 5.10 Å². The molecule has 1 fully saturated rings. The lowest BCUT2D eigenvalue weighted by atomic mass is 9.91. The van der Waals surface area contributed by atoms with Gasteiger partial charge in [0.05, 0.1) is 17.9 Å². The molecule has 1 unspecified atom stereocenters. The quantitative estimate of drug-likeness (QED) is 0.558. The molecule has 35 heavy (non-hydrogen) atoms. The van der Waals surface area contributed by atoms with E-state index < -0.39 is 17.3 Å². The summed E-state index contributed by atoms with van der Waals surface area (Å²) in [7, 11) is 0. The number of hydrogen-bond donors (Lipinski definition) is 1. The van der Waals surface area contributed by atoms with Crippen LogP contribution in [0.25, 0.3) is 11.3 Å². The number of amides is 2. The van der Waals surface area contributed by atoms with Gasteiger partial charge in [-0.15, -0.1) is 0 Å². The van der Waals surface area contributed by atoms with E-state index in [0.717, 1.165) is 37.7 Å². The minimum Gasteiger partial charge on any atom is -0.351 e. The molecular formula is C28H31FN4O2. The molecule has 3 aromatic rings. The summed E-state index contributed by atoms with van der Waals surface area (Å²) in [5.41, 5.74) is 1.86. The number of rotatable bonds is 5. The number of aromatic nitrogens is 2. The molecule has 0 bridgehead atoms. The van der Waals surface area contributed by atoms with Crippen LogP contribution in [0.5, 0.6) is 0 Å². The predicted molar refractivity (Wildman–Crippen MR) is 134 cm³/mol. The first-order chi connectivity index (χ1) is 16.9. The van der Waals surface area contributed by atoms with Crippen molar-refractivity contribution in [1.29, 1.82) is 0 Å². The van der Waals surface area contributed by atoms with Crippen molar-refractivity contribution in [2.75, 3.05) is 4.90 Å². The van der Waals surface area contributed by atoms with Gasteiger partial charge in [-0.2, -0.15) is 5.10 Å². The van der Waals surface area contributed by atoms with Gasteiger partial charge in [0.2, 0.25) is 5.91 Å². The van der Waals surface area contributed by atoms with Gasteiger partial charge in [0, 0.05) is 11.6 Å². The van der Waals surface area contributed by atoms with Crippen LogP contribution in [0.15, 0.2) is 54.6 Å². The molecule has 1 aliphatic carbocycles. The maximum atomic E-state index is 15.0. The first-order valence-electron chi connectivity index (χ1n) is 12.5. The van der Waals surface area contributed by atoms with Crippen molar-refractivity contribution in [3.8, 4) is 11.3 Å². The second-order valence-corrected chi connectivity index (χ2v) is 9.80. The average Bonchev–Trinajstić information content (AvgIpc) is 3.30. The summed E-state index contributed by atoms with van der Waals surface area (Å²) in [6, 6.07) is 16.0. The van der Waals surface area contributed by atoms with Gasteiger partial charge in [-0.1, -0.05) is 62.6 Å². The van der Waals surface area contributed by atoms with Gasteiger partial charge in [-0.25, -0.2) is 4.39 Å². The van der Waals surface area contributed by atoms with Crippen molar-refractivity contribution >= 4 is 17.5 Å². The molecule has 6 nitrogen and oxygen atoms in total. The van der Waals surface area contributed by atoms with Crippen LogP contribution >= 0.6 is 0 Å². The molecule has 2 aromatic carbocycles. The van der Waals surface area contributed by atoms with Crippen LogP contribution in [0.3, 0.4) is 0 Å². The van der Waals surface area contributed by atoms with Crippen LogP contribution in [-0.2, 0) is 17.8 Å². The highest BCUT2D eigenvalue weighted by Crippen LogP contribution is 2.36. The molecule has 0 radical (unpaired) electrons. The normalized spacial score (nSPS) is 20.5. The van der Waals surface area contributed by atoms with Crippen LogP contribution < -0.4 is 10.2 Å². The summed E-state index contributed by atoms with van der Waals surface area (Å²) in [6.07, 6.45) is 6.08. The van der Waals surface area contributed by atoms with Crippen LogP contribution in [0, 0.1) is 5.82 Å². The third-order valence-electron chi connectivity index (χ3n) is 7.33. The fourth-order valence-electron chi connectivity index (χ4n) is 5.23. The molecule has 2 heterocycles. The maximum Gasteiger partial charge on any atom is 0.277 e. The highest BCUT2D eigenvalue weighted by atomic mass is 19.1. The molecule has 5 rings (SSSR count). The lowest BCUT2D eigenvalue weighted by molar-refractivity contribution is -0.127. The summed E-state index contributed by atoms with van der Waals surface area (Å²) in [5.74, 6) is -1.26. The smallest absolute Gasteiger partial charge is 0.277 e. The number of nitrogens with one attached hydrogen (secondary N) is 1. The third-order valence-corrected chi connectivity index (χ3v) is 7.33. The Kier molecular flexibility index (Phi) is 6.17. The SMILES string of the molecule is CCc1ccc(-c2cc3n(n2)CC(C)(C(=O)NC2CCCCC2)N(c2ccccc2F)C3=O)cc1. The second kappa shape index (κ2) is 9.29. The number of aryl methyl sites for hydroxylation is 1. The Morgan fingerprint density at radius 1 is 1.11 bits per heavy atom. The van der Waals surface area contributed by atoms with Crippen molar-refractivity contribution in [2.45, 2.75) is 70.5 Å². The van der Waals surface area contributed by atoms with Crippen molar-refractivity contribution in [2.24, 2.45) is 0 Å². The first-order valence-corrected chi connectivity index (χ1v) is 12.5. The molecule has 1 aromatic heterocycles. The molecular weight excluding hydrogens is 443 g/mol. The molecule has 1 aliphatic heterocycles. The number of para-hydroxylation sites is 1. The molecule has 2 amide bonds. The fourth-order valence-corrected chi connectivity index (χ4v) is 5.23. The van der Waals surface area contributed by atoms with E-state index in [0.29, 0.717) is 11.4 Å². The number of carbonyl (C=O) groups is 2. The Bertz CT molecular complexity index is 1250. The first kappa shape index (κ1) is 23.3. The minimum atomic E-state index is -1.33. The Labute approximate surface area is 205 Å². The number of halogens is 1. The molecule has 0 spiro atoms. The number of benzene rings is 2. The lowest BCUT2D eigenvalue weighted by Crippen LogP contribution is -2.65.